The van der Waals surface area contributed by atoms with E-state index in [0.29, 0.717) is 12.6 Å². The topological polar surface area (TPSA) is 32.3 Å². The first kappa shape index (κ1) is 11.8. The quantitative estimate of drug-likeness (QED) is 0.630. The third-order valence-electron chi connectivity index (χ3n) is 2.76. The molecule has 0 bridgehead atoms. The van der Waals surface area contributed by atoms with Crippen LogP contribution in [-0.2, 0) is 4.79 Å². The summed E-state index contributed by atoms with van der Waals surface area (Å²) in [4.78, 5) is 12.5. The highest BCUT2D eigenvalue weighted by molar-refractivity contribution is 6.06. The Balaban J connectivity index is 2.38. The van der Waals surface area contributed by atoms with Gasteiger partial charge in [0.2, 0.25) is 0 Å². The lowest BCUT2D eigenvalue weighted by Gasteiger charge is -2.35. The number of carbonyl (C=O) groups is 1. The number of nitrogens with one attached hydrogen (secondary N) is 1. The van der Waals surface area contributed by atoms with Crippen molar-refractivity contribution in [3.05, 3.63) is 0 Å². The SMILES string of the molecule is [B]NC1CCCC(N([B])CC(C)=O)C1. The zero-order valence-electron chi connectivity index (χ0n) is 8.70. The molecule has 1 rings (SSSR count). The van der Waals surface area contributed by atoms with Crippen molar-refractivity contribution in [3.8, 4) is 0 Å². The highest BCUT2D eigenvalue weighted by Gasteiger charge is 2.23. The summed E-state index contributed by atoms with van der Waals surface area (Å²) in [7, 11) is 11.2. The van der Waals surface area contributed by atoms with E-state index in [1.165, 1.54) is 0 Å². The molecular formula is C9H16B2N2O. The summed E-state index contributed by atoms with van der Waals surface area (Å²) in [5, 5.41) is 2.77. The van der Waals surface area contributed by atoms with Gasteiger partial charge in [0.1, 0.15) is 5.78 Å². The van der Waals surface area contributed by atoms with E-state index < -0.39 is 0 Å². The molecule has 1 aliphatic rings. The van der Waals surface area contributed by atoms with Crippen LogP contribution in [0.15, 0.2) is 0 Å². The molecule has 14 heavy (non-hydrogen) atoms. The fraction of sp³-hybridized carbons (Fsp3) is 0.889. The second-order valence-electron chi connectivity index (χ2n) is 4.06. The molecule has 2 unspecified atom stereocenters. The van der Waals surface area contributed by atoms with Gasteiger partial charge >= 0.3 is 0 Å². The van der Waals surface area contributed by atoms with Crippen LogP contribution in [0.5, 0.6) is 0 Å². The minimum absolute atomic E-state index is 0.107. The normalized spacial score (nSPS) is 27.9. The largest absolute Gasteiger partial charge is 0.364 e. The van der Waals surface area contributed by atoms with Crippen molar-refractivity contribution >= 4 is 21.7 Å². The molecule has 1 fully saturated rings. The number of rotatable bonds is 4. The molecule has 5 heteroatoms. The van der Waals surface area contributed by atoms with E-state index in [-0.39, 0.29) is 11.8 Å². The Kier molecular flexibility index (Phi) is 4.69. The molecule has 0 aromatic heterocycles. The molecule has 1 aliphatic carbocycles. The number of ketones is 1. The maximum Gasteiger partial charge on any atom is 0.183 e. The minimum Gasteiger partial charge on any atom is -0.364 e. The van der Waals surface area contributed by atoms with Gasteiger partial charge in [0.15, 0.2) is 16.0 Å². The predicted octanol–water partition coefficient (Wildman–Crippen LogP) is -0.0548. The summed E-state index contributed by atoms with van der Waals surface area (Å²) in [6.07, 6.45) is 4.20. The van der Waals surface area contributed by atoms with Crippen molar-refractivity contribution in [2.45, 2.75) is 44.7 Å². The molecule has 0 aromatic rings. The Bertz CT molecular complexity index is 201. The molecule has 0 aliphatic heterocycles. The van der Waals surface area contributed by atoms with Gasteiger partial charge in [0.25, 0.3) is 0 Å². The zero-order valence-corrected chi connectivity index (χ0v) is 8.70. The molecule has 0 saturated heterocycles. The van der Waals surface area contributed by atoms with Crippen LogP contribution in [-0.4, -0.2) is 45.2 Å². The number of hydrogen-bond acceptors (Lipinski definition) is 3. The second-order valence-corrected chi connectivity index (χ2v) is 4.06. The van der Waals surface area contributed by atoms with E-state index in [1.807, 2.05) is 0 Å². The first-order chi connectivity index (χ1) is 6.63. The van der Waals surface area contributed by atoms with Crippen LogP contribution in [0.1, 0.15) is 32.6 Å². The van der Waals surface area contributed by atoms with E-state index in [4.69, 9.17) is 16.0 Å². The Morgan fingerprint density at radius 3 is 2.86 bits per heavy atom. The van der Waals surface area contributed by atoms with Crippen molar-refractivity contribution in [1.82, 2.24) is 10.0 Å². The third kappa shape index (κ3) is 3.46. The molecule has 0 amide bonds. The Hall–Kier alpha value is -0.280. The van der Waals surface area contributed by atoms with Gasteiger partial charge in [-0.1, -0.05) is 6.42 Å². The lowest BCUT2D eigenvalue weighted by Crippen LogP contribution is -2.44. The average molecular weight is 190 g/mol. The molecule has 0 heterocycles. The standard InChI is InChI=1S/C9H16B2N2O/c1-7(14)6-13(11)9-4-2-3-8(5-9)12-10/h8-9,12H,2-6H2,1H3. The fourth-order valence-electron chi connectivity index (χ4n) is 2.00. The van der Waals surface area contributed by atoms with Gasteiger partial charge in [-0.25, -0.2) is 0 Å². The predicted molar refractivity (Wildman–Crippen MR) is 58.1 cm³/mol. The lowest BCUT2D eigenvalue weighted by atomic mass is 9.87. The van der Waals surface area contributed by atoms with Crippen LogP contribution in [0, 0.1) is 0 Å². The number of Topliss-reactive ketones (excluding diaryl/α,β-unsaturated/α-hetero) is 1. The van der Waals surface area contributed by atoms with Crippen molar-refractivity contribution in [3.63, 3.8) is 0 Å². The van der Waals surface area contributed by atoms with Crippen LogP contribution in [0.25, 0.3) is 0 Å². The van der Waals surface area contributed by atoms with E-state index in [9.17, 15) is 4.79 Å². The Labute approximate surface area is 88.5 Å². The third-order valence-corrected chi connectivity index (χ3v) is 2.76. The summed E-state index contributed by atoms with van der Waals surface area (Å²) in [6, 6.07) is 0.625. The summed E-state index contributed by atoms with van der Waals surface area (Å²) in [5.41, 5.74) is 0. The van der Waals surface area contributed by atoms with Gasteiger partial charge in [-0.05, 0) is 38.3 Å². The first-order valence-corrected chi connectivity index (χ1v) is 5.10. The van der Waals surface area contributed by atoms with Crippen LogP contribution in [0.2, 0.25) is 0 Å². The number of nitrogens with zero attached hydrogens (tertiary/aromatic N) is 1. The molecule has 0 aromatic carbocycles. The van der Waals surface area contributed by atoms with Gasteiger partial charge in [0, 0.05) is 6.54 Å². The number of hydrogen-bond donors (Lipinski definition) is 1. The maximum atomic E-state index is 10.9. The van der Waals surface area contributed by atoms with E-state index in [1.54, 1.807) is 11.7 Å². The fourth-order valence-corrected chi connectivity index (χ4v) is 2.00. The summed E-state index contributed by atoms with van der Waals surface area (Å²) in [5.74, 6) is 0.107. The smallest absolute Gasteiger partial charge is 0.183 e. The molecule has 2 atom stereocenters. The van der Waals surface area contributed by atoms with Gasteiger partial charge in [0.05, 0.1) is 0 Å². The summed E-state index contributed by atoms with van der Waals surface area (Å²) in [6.45, 7) is 1.89. The molecule has 1 saturated carbocycles. The molecule has 74 valence electrons. The highest BCUT2D eigenvalue weighted by Crippen LogP contribution is 2.21. The lowest BCUT2D eigenvalue weighted by molar-refractivity contribution is -0.117. The van der Waals surface area contributed by atoms with Crippen LogP contribution in [0.4, 0.5) is 0 Å². The first-order valence-electron chi connectivity index (χ1n) is 5.10. The molecule has 4 radical (unpaired) electrons. The Morgan fingerprint density at radius 2 is 2.29 bits per heavy atom. The van der Waals surface area contributed by atoms with Gasteiger partial charge in [-0.2, -0.15) is 0 Å². The van der Waals surface area contributed by atoms with Crippen LogP contribution >= 0.6 is 0 Å². The van der Waals surface area contributed by atoms with E-state index >= 15 is 0 Å². The van der Waals surface area contributed by atoms with Crippen molar-refractivity contribution < 1.29 is 4.79 Å². The average Bonchev–Trinajstić information content (AvgIpc) is 2.17. The van der Waals surface area contributed by atoms with Gasteiger partial charge in [-0.15, -0.1) is 0 Å². The van der Waals surface area contributed by atoms with Crippen LogP contribution in [0.3, 0.4) is 0 Å². The van der Waals surface area contributed by atoms with E-state index in [2.05, 4.69) is 5.23 Å². The van der Waals surface area contributed by atoms with Gasteiger partial charge in [-0.3, -0.25) is 4.79 Å². The van der Waals surface area contributed by atoms with Crippen LogP contribution < -0.4 is 5.23 Å². The van der Waals surface area contributed by atoms with Crippen molar-refractivity contribution in [2.75, 3.05) is 6.54 Å². The van der Waals surface area contributed by atoms with Crippen molar-refractivity contribution in [2.24, 2.45) is 0 Å². The number of carbonyl (C=O) groups excluding carboxylic acids is 1. The maximum absolute atomic E-state index is 10.9. The second kappa shape index (κ2) is 5.56. The summed E-state index contributed by atoms with van der Waals surface area (Å²) >= 11 is 0. The monoisotopic (exact) mass is 190 g/mol. The molecule has 1 N–H and O–H groups in total. The van der Waals surface area contributed by atoms with E-state index in [0.717, 1.165) is 25.7 Å². The highest BCUT2D eigenvalue weighted by atomic mass is 16.1. The molecule has 3 nitrogen and oxygen atoms in total. The molecule has 0 spiro atoms. The summed E-state index contributed by atoms with van der Waals surface area (Å²) < 4.78 is 0. The zero-order chi connectivity index (χ0) is 10.6. The Morgan fingerprint density at radius 1 is 1.57 bits per heavy atom. The molecular weight excluding hydrogens is 174 g/mol. The van der Waals surface area contributed by atoms with Gasteiger partial charge < -0.3 is 10.0 Å². The van der Waals surface area contributed by atoms with Crippen molar-refractivity contribution in [1.29, 1.82) is 0 Å². The minimum atomic E-state index is 0.107.